The maximum Gasteiger partial charge on any atom is 0.0991 e. The third kappa shape index (κ3) is 4.28. The van der Waals surface area contributed by atoms with Gasteiger partial charge >= 0.3 is 0 Å². The topological polar surface area (TPSA) is 96.0 Å². The molecule has 1 saturated heterocycles. The van der Waals surface area contributed by atoms with Crippen molar-refractivity contribution in [1.82, 2.24) is 20.3 Å². The zero-order chi connectivity index (χ0) is 18.7. The van der Waals surface area contributed by atoms with Crippen LogP contribution in [0.25, 0.3) is 0 Å². The summed E-state index contributed by atoms with van der Waals surface area (Å²) in [4.78, 5) is 0. The number of ether oxygens (including phenoxy) is 1. The molecular formula is C19H25N5O2. The highest BCUT2D eigenvalue weighted by atomic mass is 16.5. The van der Waals surface area contributed by atoms with Crippen molar-refractivity contribution in [3.63, 3.8) is 0 Å². The second-order valence-electron chi connectivity index (χ2n) is 7.73. The molecule has 3 rings (SSSR count). The highest BCUT2D eigenvalue weighted by Crippen LogP contribution is 2.21. The maximum absolute atomic E-state index is 10.3. The maximum atomic E-state index is 10.3. The Kier molecular flexibility index (Phi) is 5.37. The summed E-state index contributed by atoms with van der Waals surface area (Å²) >= 11 is 0. The molecule has 0 bridgehead atoms. The van der Waals surface area contributed by atoms with Gasteiger partial charge in [0.25, 0.3) is 0 Å². The molecule has 138 valence electrons. The van der Waals surface area contributed by atoms with Crippen molar-refractivity contribution < 1.29 is 9.84 Å². The predicted molar refractivity (Wildman–Crippen MR) is 96.3 cm³/mol. The minimum Gasteiger partial charge on any atom is -0.389 e. The Labute approximate surface area is 153 Å². The normalized spacial score (nSPS) is 23.1. The molecule has 7 nitrogen and oxygen atoms in total. The van der Waals surface area contributed by atoms with Gasteiger partial charge in [0.1, 0.15) is 0 Å². The fraction of sp³-hybridized carbons (Fsp3) is 0.526. The number of aliphatic hydroxyl groups is 1. The Balaban J connectivity index is 1.62. The van der Waals surface area contributed by atoms with E-state index in [-0.39, 0.29) is 17.6 Å². The van der Waals surface area contributed by atoms with Gasteiger partial charge in [-0.25, -0.2) is 4.68 Å². The van der Waals surface area contributed by atoms with Gasteiger partial charge in [0, 0.05) is 18.2 Å². The lowest BCUT2D eigenvalue weighted by atomic mass is 9.93. The van der Waals surface area contributed by atoms with Crippen molar-refractivity contribution in [2.75, 3.05) is 6.61 Å². The van der Waals surface area contributed by atoms with Crippen LogP contribution in [-0.2, 0) is 23.2 Å². The summed E-state index contributed by atoms with van der Waals surface area (Å²) in [6.45, 7) is 7.72. The van der Waals surface area contributed by atoms with E-state index in [1.54, 1.807) is 16.8 Å². The van der Waals surface area contributed by atoms with E-state index in [9.17, 15) is 5.11 Å². The minimum atomic E-state index is -0.566. The number of aromatic nitrogens is 3. The van der Waals surface area contributed by atoms with E-state index in [0.29, 0.717) is 25.3 Å². The van der Waals surface area contributed by atoms with E-state index >= 15 is 0 Å². The van der Waals surface area contributed by atoms with Gasteiger partial charge in [-0.05, 0) is 17.7 Å². The van der Waals surface area contributed by atoms with Crippen molar-refractivity contribution in [2.45, 2.75) is 57.5 Å². The summed E-state index contributed by atoms with van der Waals surface area (Å²) in [5.41, 5.74) is 2.56. The Morgan fingerprint density at radius 2 is 2.08 bits per heavy atom. The first-order valence-electron chi connectivity index (χ1n) is 8.79. The predicted octanol–water partition coefficient (Wildman–Crippen LogP) is 1.37. The molecule has 0 amide bonds. The molecule has 1 aromatic heterocycles. The van der Waals surface area contributed by atoms with Gasteiger partial charge in [0.2, 0.25) is 0 Å². The number of nitrogens with zero attached hydrogens (tertiary/aromatic N) is 4. The average Bonchev–Trinajstić information content (AvgIpc) is 3.21. The molecule has 0 radical (unpaired) electrons. The SMILES string of the molecule is CC(C)(C)c1cn(C[C@H]2OC[C@H](O)[C@H]2NCc2ccc(C#N)cc2)nn1. The standard InChI is InChI=1S/C19H25N5O2/c1-19(2,3)17-11-24(23-22-17)10-16-18(15(25)12-26-16)21-9-14-6-4-13(8-20)5-7-14/h4-7,11,15-16,18,21,25H,9-10,12H2,1-3H3/t15-,16+,18+/m0/s1. The molecule has 1 aliphatic rings. The van der Waals surface area contributed by atoms with Crippen LogP contribution in [-0.4, -0.2) is 45.0 Å². The molecule has 1 fully saturated rings. The Hall–Kier alpha value is -2.27. The summed E-state index contributed by atoms with van der Waals surface area (Å²) < 4.78 is 7.53. The molecule has 0 saturated carbocycles. The number of nitriles is 1. The average molecular weight is 355 g/mol. The number of aliphatic hydroxyl groups excluding tert-OH is 1. The van der Waals surface area contributed by atoms with Crippen molar-refractivity contribution in [3.05, 3.63) is 47.3 Å². The molecule has 1 aromatic carbocycles. The third-order valence-electron chi connectivity index (χ3n) is 4.60. The number of rotatable bonds is 5. The van der Waals surface area contributed by atoms with E-state index < -0.39 is 6.10 Å². The zero-order valence-electron chi connectivity index (χ0n) is 15.4. The van der Waals surface area contributed by atoms with Crippen molar-refractivity contribution in [1.29, 1.82) is 5.26 Å². The van der Waals surface area contributed by atoms with E-state index in [1.807, 2.05) is 18.3 Å². The van der Waals surface area contributed by atoms with Gasteiger partial charge < -0.3 is 15.2 Å². The first-order valence-corrected chi connectivity index (χ1v) is 8.79. The van der Waals surface area contributed by atoms with Gasteiger partial charge in [-0.1, -0.05) is 38.1 Å². The number of hydrogen-bond acceptors (Lipinski definition) is 6. The van der Waals surface area contributed by atoms with Crippen molar-refractivity contribution in [2.24, 2.45) is 0 Å². The van der Waals surface area contributed by atoms with Crippen LogP contribution in [0.2, 0.25) is 0 Å². The van der Waals surface area contributed by atoms with E-state index in [1.165, 1.54) is 0 Å². The highest BCUT2D eigenvalue weighted by molar-refractivity contribution is 5.31. The number of benzene rings is 1. The zero-order valence-corrected chi connectivity index (χ0v) is 15.4. The molecule has 3 atom stereocenters. The number of hydrogen-bond donors (Lipinski definition) is 2. The molecule has 26 heavy (non-hydrogen) atoms. The van der Waals surface area contributed by atoms with Crippen LogP contribution in [0.15, 0.2) is 30.5 Å². The van der Waals surface area contributed by atoms with Crippen LogP contribution in [0.4, 0.5) is 0 Å². The molecular weight excluding hydrogens is 330 g/mol. The molecule has 0 aliphatic carbocycles. The van der Waals surface area contributed by atoms with Crippen molar-refractivity contribution >= 4 is 0 Å². The lowest BCUT2D eigenvalue weighted by molar-refractivity contribution is 0.0741. The first kappa shape index (κ1) is 18.5. The third-order valence-corrected chi connectivity index (χ3v) is 4.60. The smallest absolute Gasteiger partial charge is 0.0991 e. The molecule has 0 unspecified atom stereocenters. The molecule has 1 aliphatic heterocycles. The molecule has 2 N–H and O–H groups in total. The van der Waals surface area contributed by atoms with Gasteiger partial charge in [-0.2, -0.15) is 5.26 Å². The van der Waals surface area contributed by atoms with E-state index in [2.05, 4.69) is 42.5 Å². The minimum absolute atomic E-state index is 0.0540. The summed E-state index contributed by atoms with van der Waals surface area (Å²) in [6.07, 6.45) is 1.19. The van der Waals surface area contributed by atoms with Crippen LogP contribution >= 0.6 is 0 Å². The van der Waals surface area contributed by atoms with Crippen LogP contribution in [0.3, 0.4) is 0 Å². The van der Waals surface area contributed by atoms with Crippen LogP contribution < -0.4 is 5.32 Å². The fourth-order valence-electron chi connectivity index (χ4n) is 2.96. The Morgan fingerprint density at radius 3 is 2.69 bits per heavy atom. The molecule has 2 aromatic rings. The summed E-state index contributed by atoms with van der Waals surface area (Å²) in [5, 5.41) is 30.9. The second-order valence-corrected chi connectivity index (χ2v) is 7.73. The van der Waals surface area contributed by atoms with Gasteiger partial charge in [0.15, 0.2) is 0 Å². The van der Waals surface area contributed by atoms with Gasteiger partial charge in [-0.15, -0.1) is 5.10 Å². The van der Waals surface area contributed by atoms with E-state index in [4.69, 9.17) is 10.00 Å². The van der Waals surface area contributed by atoms with Gasteiger partial charge in [-0.3, -0.25) is 0 Å². The molecule has 0 spiro atoms. The van der Waals surface area contributed by atoms with Crippen LogP contribution in [0.5, 0.6) is 0 Å². The van der Waals surface area contributed by atoms with Crippen LogP contribution in [0.1, 0.15) is 37.6 Å². The monoisotopic (exact) mass is 355 g/mol. The highest BCUT2D eigenvalue weighted by Gasteiger charge is 2.36. The first-order chi connectivity index (χ1) is 12.4. The van der Waals surface area contributed by atoms with Gasteiger partial charge in [0.05, 0.1) is 48.7 Å². The lowest BCUT2D eigenvalue weighted by Crippen LogP contribution is -2.45. The molecule has 2 heterocycles. The second kappa shape index (κ2) is 7.54. The summed E-state index contributed by atoms with van der Waals surface area (Å²) in [7, 11) is 0. The lowest BCUT2D eigenvalue weighted by Gasteiger charge is -2.22. The quantitative estimate of drug-likeness (QED) is 0.841. The molecule has 7 heteroatoms. The summed E-state index contributed by atoms with van der Waals surface area (Å²) in [6, 6.07) is 9.33. The number of nitrogens with one attached hydrogen (secondary N) is 1. The Bertz CT molecular complexity index is 772. The Morgan fingerprint density at radius 1 is 1.35 bits per heavy atom. The van der Waals surface area contributed by atoms with E-state index in [0.717, 1.165) is 11.3 Å². The van der Waals surface area contributed by atoms with Crippen LogP contribution in [0, 0.1) is 11.3 Å². The summed E-state index contributed by atoms with van der Waals surface area (Å²) in [5.74, 6) is 0. The fourth-order valence-corrected chi connectivity index (χ4v) is 2.96. The van der Waals surface area contributed by atoms with Crippen molar-refractivity contribution in [3.8, 4) is 6.07 Å². The largest absolute Gasteiger partial charge is 0.389 e.